The predicted molar refractivity (Wildman–Crippen MR) is 104 cm³/mol. The molecule has 1 atom stereocenters. The Bertz CT molecular complexity index is 901. The van der Waals surface area contributed by atoms with Gasteiger partial charge in [0.15, 0.2) is 10.4 Å². The molecule has 26 heavy (non-hydrogen) atoms. The molecule has 0 bridgehead atoms. The first-order chi connectivity index (χ1) is 12.6. The molecule has 6 nitrogen and oxygen atoms in total. The number of nitrogens with one attached hydrogen (secondary N) is 1. The van der Waals surface area contributed by atoms with E-state index in [0.717, 1.165) is 10.1 Å². The molecule has 0 saturated heterocycles. The number of carbonyl (C=O) groups excluding carboxylic acids is 1. The van der Waals surface area contributed by atoms with Crippen LogP contribution >= 0.6 is 34.4 Å². The molecule has 1 aromatic carbocycles. The van der Waals surface area contributed by atoms with Gasteiger partial charge in [0.2, 0.25) is 5.13 Å². The van der Waals surface area contributed by atoms with Gasteiger partial charge in [-0.15, -0.1) is 21.5 Å². The smallest absolute Gasteiger partial charge is 0.266 e. The molecule has 0 radical (unpaired) electrons. The second-order valence-corrected chi connectivity index (χ2v) is 8.36. The zero-order chi connectivity index (χ0) is 18.4. The molecular weight excluding hydrogens is 388 g/mol. The van der Waals surface area contributed by atoms with Gasteiger partial charge >= 0.3 is 0 Å². The minimum atomic E-state index is -0.700. The molecule has 2 aromatic heterocycles. The Kier molecular flexibility index (Phi) is 6.22. The third-order valence-corrected chi connectivity index (χ3v) is 6.30. The summed E-state index contributed by atoms with van der Waals surface area (Å²) in [6.45, 7) is 1.65. The van der Waals surface area contributed by atoms with Crippen molar-refractivity contribution in [1.29, 1.82) is 5.26 Å². The van der Waals surface area contributed by atoms with Crippen LogP contribution in [0.5, 0.6) is 5.75 Å². The summed E-state index contributed by atoms with van der Waals surface area (Å²) in [5.74, 6) is 1.05. The van der Waals surface area contributed by atoms with Crippen LogP contribution in [0.2, 0.25) is 0 Å². The van der Waals surface area contributed by atoms with Gasteiger partial charge in [0, 0.05) is 10.6 Å². The molecule has 2 heterocycles. The minimum absolute atomic E-state index is 0.305. The molecule has 3 aromatic rings. The van der Waals surface area contributed by atoms with Crippen LogP contribution in [0.4, 0.5) is 5.13 Å². The highest BCUT2D eigenvalue weighted by molar-refractivity contribution is 8.00. The molecule has 1 unspecified atom stereocenters. The molecular formula is C17H14N4O2S3. The normalized spacial score (nSPS) is 11.5. The van der Waals surface area contributed by atoms with Crippen LogP contribution in [0.25, 0.3) is 0 Å². The third kappa shape index (κ3) is 5.05. The molecule has 0 fully saturated rings. The lowest BCUT2D eigenvalue weighted by Gasteiger charge is -2.13. The number of aromatic nitrogens is 2. The van der Waals surface area contributed by atoms with Gasteiger partial charge < -0.3 is 4.74 Å². The van der Waals surface area contributed by atoms with Gasteiger partial charge in [-0.2, -0.15) is 5.26 Å². The van der Waals surface area contributed by atoms with Crippen molar-refractivity contribution in [1.82, 2.24) is 10.2 Å². The highest BCUT2D eigenvalue weighted by Crippen LogP contribution is 2.29. The maximum Gasteiger partial charge on any atom is 0.266 e. The molecule has 0 aliphatic heterocycles. The topological polar surface area (TPSA) is 87.9 Å². The number of rotatable bonds is 7. The van der Waals surface area contributed by atoms with E-state index in [1.54, 1.807) is 54.3 Å². The second kappa shape index (κ2) is 8.80. The first-order valence-electron chi connectivity index (χ1n) is 7.60. The number of carbonyl (C=O) groups is 1. The second-order valence-electron chi connectivity index (χ2n) is 5.13. The van der Waals surface area contributed by atoms with Crippen molar-refractivity contribution in [3.05, 3.63) is 52.2 Å². The summed E-state index contributed by atoms with van der Waals surface area (Å²) < 4.78 is 6.38. The number of thiophene rings is 1. The largest absolute Gasteiger partial charge is 0.481 e. The maximum absolute atomic E-state index is 12.2. The van der Waals surface area contributed by atoms with Crippen LogP contribution in [0.1, 0.15) is 17.4 Å². The summed E-state index contributed by atoms with van der Waals surface area (Å²) in [6.07, 6.45) is -0.700. The summed E-state index contributed by atoms with van der Waals surface area (Å²) in [5.41, 5.74) is 0.538. The fourth-order valence-electron chi connectivity index (χ4n) is 1.92. The molecule has 1 N–H and O–H groups in total. The Morgan fingerprint density at radius 3 is 2.85 bits per heavy atom. The summed E-state index contributed by atoms with van der Waals surface area (Å²) in [5, 5.41) is 22.1. The van der Waals surface area contributed by atoms with Crippen molar-refractivity contribution in [2.75, 3.05) is 5.32 Å². The van der Waals surface area contributed by atoms with E-state index in [1.807, 2.05) is 17.5 Å². The number of hydrogen-bond donors (Lipinski definition) is 1. The molecule has 3 rings (SSSR count). The molecule has 0 aliphatic carbocycles. The number of ether oxygens (including phenoxy) is 1. The number of thioether (sulfide) groups is 1. The fourth-order valence-corrected chi connectivity index (χ4v) is 4.45. The Balaban J connectivity index is 1.51. The number of nitriles is 1. The average molecular weight is 403 g/mol. The van der Waals surface area contributed by atoms with Gasteiger partial charge in [0.05, 0.1) is 11.6 Å². The molecule has 9 heteroatoms. The van der Waals surface area contributed by atoms with E-state index in [2.05, 4.69) is 21.6 Å². The Labute approximate surface area is 162 Å². The van der Waals surface area contributed by atoms with Crippen LogP contribution < -0.4 is 10.1 Å². The fraction of sp³-hybridized carbons (Fsp3) is 0.176. The van der Waals surface area contributed by atoms with Gasteiger partial charge in [-0.05, 0) is 42.6 Å². The van der Waals surface area contributed by atoms with Crippen molar-refractivity contribution < 1.29 is 9.53 Å². The summed E-state index contributed by atoms with van der Waals surface area (Å²) in [4.78, 5) is 13.5. The van der Waals surface area contributed by atoms with E-state index in [9.17, 15) is 4.79 Å². The van der Waals surface area contributed by atoms with Crippen LogP contribution in [-0.4, -0.2) is 22.2 Å². The van der Waals surface area contributed by atoms with Gasteiger partial charge in [-0.1, -0.05) is 29.2 Å². The number of hydrogen-bond acceptors (Lipinski definition) is 8. The van der Waals surface area contributed by atoms with Crippen LogP contribution in [-0.2, 0) is 10.5 Å². The quantitative estimate of drug-likeness (QED) is 0.471. The average Bonchev–Trinajstić information content (AvgIpc) is 3.32. The Morgan fingerprint density at radius 2 is 2.15 bits per heavy atom. The zero-order valence-corrected chi connectivity index (χ0v) is 16.2. The highest BCUT2D eigenvalue weighted by atomic mass is 32.2. The molecule has 0 aliphatic rings. The Hall–Kier alpha value is -2.41. The van der Waals surface area contributed by atoms with Crippen LogP contribution in [0.15, 0.2) is 46.1 Å². The van der Waals surface area contributed by atoms with Gasteiger partial charge in [0.25, 0.3) is 5.91 Å². The first kappa shape index (κ1) is 18.4. The third-order valence-electron chi connectivity index (χ3n) is 3.22. The van der Waals surface area contributed by atoms with Crippen molar-refractivity contribution in [2.45, 2.75) is 23.1 Å². The van der Waals surface area contributed by atoms with E-state index >= 15 is 0 Å². The van der Waals surface area contributed by atoms with Crippen molar-refractivity contribution >= 4 is 45.5 Å². The molecule has 1 amide bonds. The Morgan fingerprint density at radius 1 is 1.35 bits per heavy atom. The predicted octanol–water partition coefficient (Wildman–Crippen LogP) is 4.17. The summed E-state index contributed by atoms with van der Waals surface area (Å²) >= 11 is 4.62. The SMILES string of the molecule is CC(Oc1ccc(C#N)cc1)C(=O)Nc1nnc(SCc2cccs2)s1. The van der Waals surface area contributed by atoms with E-state index in [4.69, 9.17) is 10.00 Å². The number of nitrogens with zero attached hydrogens (tertiary/aromatic N) is 3. The maximum atomic E-state index is 12.2. The van der Waals surface area contributed by atoms with E-state index in [0.29, 0.717) is 16.4 Å². The molecule has 0 spiro atoms. The molecule has 132 valence electrons. The standard InChI is InChI=1S/C17H14N4O2S3/c1-11(23-13-6-4-12(9-18)5-7-13)15(22)19-16-20-21-17(26-16)25-10-14-3-2-8-24-14/h2-8,11H,10H2,1H3,(H,19,20,22). The van der Waals surface area contributed by atoms with Crippen molar-refractivity contribution in [3.8, 4) is 11.8 Å². The zero-order valence-electron chi connectivity index (χ0n) is 13.7. The number of amides is 1. The number of anilines is 1. The van der Waals surface area contributed by atoms with Crippen LogP contribution in [0.3, 0.4) is 0 Å². The first-order valence-corrected chi connectivity index (χ1v) is 10.3. The monoisotopic (exact) mass is 402 g/mol. The van der Waals surface area contributed by atoms with Crippen LogP contribution in [0, 0.1) is 11.3 Å². The minimum Gasteiger partial charge on any atom is -0.481 e. The van der Waals surface area contributed by atoms with Crippen molar-refractivity contribution in [3.63, 3.8) is 0 Å². The van der Waals surface area contributed by atoms with E-state index in [-0.39, 0.29) is 5.91 Å². The van der Waals surface area contributed by atoms with Gasteiger partial charge in [-0.25, -0.2) is 0 Å². The lowest BCUT2D eigenvalue weighted by Crippen LogP contribution is -2.30. The van der Waals surface area contributed by atoms with Gasteiger partial charge in [-0.3, -0.25) is 10.1 Å². The lowest BCUT2D eigenvalue weighted by molar-refractivity contribution is -0.122. The molecule has 0 saturated carbocycles. The van der Waals surface area contributed by atoms with Gasteiger partial charge in [0.1, 0.15) is 5.75 Å². The van der Waals surface area contributed by atoms with E-state index < -0.39 is 6.10 Å². The van der Waals surface area contributed by atoms with Crippen molar-refractivity contribution in [2.24, 2.45) is 0 Å². The summed E-state index contributed by atoms with van der Waals surface area (Å²) in [6, 6.07) is 12.7. The lowest BCUT2D eigenvalue weighted by atomic mass is 10.2. The summed E-state index contributed by atoms with van der Waals surface area (Å²) in [7, 11) is 0. The van der Waals surface area contributed by atoms with E-state index in [1.165, 1.54) is 16.2 Å². The highest BCUT2D eigenvalue weighted by Gasteiger charge is 2.17. The number of benzene rings is 1.